The van der Waals surface area contributed by atoms with E-state index in [4.69, 9.17) is 4.74 Å². The lowest BCUT2D eigenvalue weighted by Crippen LogP contribution is -2.50. The highest BCUT2D eigenvalue weighted by atomic mass is 32.1. The Kier molecular flexibility index (Phi) is 5.64. The van der Waals surface area contributed by atoms with Gasteiger partial charge in [0.25, 0.3) is 0 Å². The van der Waals surface area contributed by atoms with Crippen molar-refractivity contribution < 1.29 is 19.4 Å². The first-order valence-corrected chi connectivity index (χ1v) is 8.69. The maximum atomic E-state index is 11.9. The number of nitrogens with one attached hydrogen (secondary N) is 1. The van der Waals surface area contributed by atoms with Crippen LogP contribution in [0.2, 0.25) is 0 Å². The van der Waals surface area contributed by atoms with Gasteiger partial charge < -0.3 is 15.2 Å². The van der Waals surface area contributed by atoms with Crippen molar-refractivity contribution in [1.82, 2.24) is 10.2 Å². The third-order valence-corrected chi connectivity index (χ3v) is 4.33. The quantitative estimate of drug-likeness (QED) is 0.881. The molecule has 0 spiro atoms. The van der Waals surface area contributed by atoms with Crippen LogP contribution in [-0.2, 0) is 9.53 Å². The number of hydrogen-bond donors (Lipinski definition) is 2. The number of rotatable bonds is 4. The molecule has 128 valence electrons. The van der Waals surface area contributed by atoms with Crippen LogP contribution in [0.4, 0.5) is 4.79 Å². The predicted molar refractivity (Wildman–Crippen MR) is 88.7 cm³/mol. The summed E-state index contributed by atoms with van der Waals surface area (Å²) in [5.41, 5.74) is 0.249. The third kappa shape index (κ3) is 5.21. The number of aliphatic carboxylic acids is 1. The first-order valence-electron chi connectivity index (χ1n) is 7.75. The lowest BCUT2D eigenvalue weighted by Gasteiger charge is -2.36. The van der Waals surface area contributed by atoms with Gasteiger partial charge in [-0.15, -0.1) is 0 Å². The van der Waals surface area contributed by atoms with E-state index in [2.05, 4.69) is 5.32 Å². The van der Waals surface area contributed by atoms with Crippen molar-refractivity contribution in [1.29, 1.82) is 0 Å². The molecule has 1 saturated heterocycles. The number of nitrogens with zero attached hydrogens (tertiary/aromatic N) is 1. The van der Waals surface area contributed by atoms with Crippen molar-refractivity contribution in [2.75, 3.05) is 13.1 Å². The van der Waals surface area contributed by atoms with E-state index in [0.29, 0.717) is 13.1 Å². The summed E-state index contributed by atoms with van der Waals surface area (Å²) >= 11 is 1.49. The topological polar surface area (TPSA) is 78.9 Å². The van der Waals surface area contributed by atoms with Crippen LogP contribution in [0, 0.1) is 0 Å². The molecular weight excluding hydrogens is 316 g/mol. The van der Waals surface area contributed by atoms with E-state index in [1.54, 1.807) is 0 Å². The molecule has 2 rings (SSSR count). The normalized spacial score (nSPS) is 20.7. The highest BCUT2D eigenvalue weighted by Gasteiger charge is 2.32. The van der Waals surface area contributed by atoms with E-state index >= 15 is 0 Å². The van der Waals surface area contributed by atoms with Crippen LogP contribution in [0.25, 0.3) is 0 Å². The molecule has 1 aliphatic rings. The van der Waals surface area contributed by atoms with Crippen LogP contribution >= 0.6 is 11.3 Å². The molecule has 2 N–H and O–H groups in total. The summed E-state index contributed by atoms with van der Waals surface area (Å²) < 4.78 is 5.27. The van der Waals surface area contributed by atoms with Crippen LogP contribution in [0.1, 0.15) is 45.2 Å². The number of likely N-dealkylation sites (tertiary alicyclic amines) is 1. The van der Waals surface area contributed by atoms with Gasteiger partial charge in [-0.05, 0) is 62.5 Å². The highest BCUT2D eigenvalue weighted by molar-refractivity contribution is 7.08. The van der Waals surface area contributed by atoms with Crippen molar-refractivity contribution in [3.8, 4) is 0 Å². The summed E-state index contributed by atoms with van der Waals surface area (Å²) in [6, 6.07) is 1.08. The van der Waals surface area contributed by atoms with Gasteiger partial charge in [0, 0.05) is 12.6 Å². The maximum Gasteiger partial charge on any atom is 0.407 e. The maximum absolute atomic E-state index is 11.9. The summed E-state index contributed by atoms with van der Waals surface area (Å²) in [7, 11) is 0. The van der Waals surface area contributed by atoms with E-state index in [0.717, 1.165) is 18.4 Å². The molecule has 2 unspecified atom stereocenters. The second-order valence-corrected chi connectivity index (χ2v) is 7.56. The minimum absolute atomic E-state index is 0.0981. The fraction of sp³-hybridized carbons (Fsp3) is 0.625. The highest BCUT2D eigenvalue weighted by Crippen LogP contribution is 2.26. The number of carbonyl (C=O) groups is 2. The summed E-state index contributed by atoms with van der Waals surface area (Å²) in [4.78, 5) is 25.5. The molecule has 2 heterocycles. The zero-order valence-electron chi connectivity index (χ0n) is 13.7. The molecule has 7 heteroatoms. The lowest BCUT2D eigenvalue weighted by molar-refractivity contribution is -0.144. The number of carbonyl (C=O) groups excluding carboxylic acids is 1. The molecule has 0 aromatic carbocycles. The van der Waals surface area contributed by atoms with E-state index in [1.165, 1.54) is 11.3 Å². The minimum Gasteiger partial charge on any atom is -0.480 e. The molecule has 0 radical (unpaired) electrons. The third-order valence-electron chi connectivity index (χ3n) is 3.63. The molecule has 1 aromatic rings. The van der Waals surface area contributed by atoms with Crippen molar-refractivity contribution in [3.05, 3.63) is 22.4 Å². The van der Waals surface area contributed by atoms with Gasteiger partial charge in [0.2, 0.25) is 0 Å². The Morgan fingerprint density at radius 1 is 1.48 bits per heavy atom. The molecule has 2 atom stereocenters. The Bertz CT molecular complexity index is 539. The first-order chi connectivity index (χ1) is 10.8. The smallest absolute Gasteiger partial charge is 0.407 e. The van der Waals surface area contributed by atoms with Gasteiger partial charge in [0.1, 0.15) is 11.6 Å². The van der Waals surface area contributed by atoms with Gasteiger partial charge in [0.15, 0.2) is 0 Å². The fourth-order valence-electron chi connectivity index (χ4n) is 2.77. The Labute approximate surface area is 140 Å². The number of alkyl carbamates (subject to hydrolysis) is 1. The average Bonchev–Trinajstić information content (AvgIpc) is 2.90. The molecule has 1 aliphatic heterocycles. The number of piperidine rings is 1. The number of ether oxygens (including phenoxy) is 1. The second-order valence-electron chi connectivity index (χ2n) is 6.78. The molecule has 6 nitrogen and oxygen atoms in total. The summed E-state index contributed by atoms with van der Waals surface area (Å²) in [6.07, 6.45) is 1.21. The SMILES string of the molecule is CC(C)(C)OC(=O)NC1CCCN(C(C(=O)O)c2ccsc2)C1. The number of carboxylic acids is 1. The van der Waals surface area contributed by atoms with Crippen LogP contribution in [0.5, 0.6) is 0 Å². The fourth-order valence-corrected chi connectivity index (χ4v) is 3.45. The van der Waals surface area contributed by atoms with Crippen LogP contribution in [0.15, 0.2) is 16.8 Å². The molecule has 1 aromatic heterocycles. The Balaban J connectivity index is 1.99. The molecule has 0 aliphatic carbocycles. The van der Waals surface area contributed by atoms with E-state index < -0.39 is 23.7 Å². The van der Waals surface area contributed by atoms with E-state index in [-0.39, 0.29) is 6.04 Å². The van der Waals surface area contributed by atoms with Crippen LogP contribution in [-0.4, -0.2) is 46.8 Å². The molecule has 0 saturated carbocycles. The summed E-state index contributed by atoms with van der Waals surface area (Å²) in [5, 5.41) is 16.2. The monoisotopic (exact) mass is 340 g/mol. The zero-order valence-corrected chi connectivity index (χ0v) is 14.6. The largest absolute Gasteiger partial charge is 0.480 e. The Morgan fingerprint density at radius 2 is 2.22 bits per heavy atom. The van der Waals surface area contributed by atoms with E-state index in [9.17, 15) is 14.7 Å². The first kappa shape index (κ1) is 17.7. The number of amides is 1. The molecule has 1 amide bonds. The van der Waals surface area contributed by atoms with Crippen LogP contribution < -0.4 is 5.32 Å². The van der Waals surface area contributed by atoms with Crippen molar-refractivity contribution in [3.63, 3.8) is 0 Å². The van der Waals surface area contributed by atoms with Gasteiger partial charge >= 0.3 is 12.1 Å². The molecular formula is C16H24N2O4S. The molecule has 1 fully saturated rings. The molecule has 0 bridgehead atoms. The average molecular weight is 340 g/mol. The standard InChI is InChI=1S/C16H24N2O4S/c1-16(2,3)22-15(21)17-12-5-4-7-18(9-12)13(14(19)20)11-6-8-23-10-11/h6,8,10,12-13H,4-5,7,9H2,1-3H3,(H,17,21)(H,19,20). The Hall–Kier alpha value is -1.60. The van der Waals surface area contributed by atoms with Crippen molar-refractivity contribution in [2.24, 2.45) is 0 Å². The van der Waals surface area contributed by atoms with Gasteiger partial charge in [-0.25, -0.2) is 4.79 Å². The Morgan fingerprint density at radius 3 is 2.78 bits per heavy atom. The lowest BCUT2D eigenvalue weighted by atomic mass is 10.0. The van der Waals surface area contributed by atoms with Gasteiger partial charge in [-0.2, -0.15) is 11.3 Å². The van der Waals surface area contributed by atoms with Gasteiger partial charge in [0.05, 0.1) is 0 Å². The predicted octanol–water partition coefficient (Wildman–Crippen LogP) is 2.86. The number of hydrogen-bond acceptors (Lipinski definition) is 5. The summed E-state index contributed by atoms with van der Waals surface area (Å²) in [5.74, 6) is -0.860. The molecule has 23 heavy (non-hydrogen) atoms. The van der Waals surface area contributed by atoms with Gasteiger partial charge in [-0.1, -0.05) is 0 Å². The van der Waals surface area contributed by atoms with Crippen molar-refractivity contribution in [2.45, 2.75) is 51.3 Å². The van der Waals surface area contributed by atoms with Gasteiger partial charge in [-0.3, -0.25) is 9.69 Å². The zero-order chi connectivity index (χ0) is 17.0. The minimum atomic E-state index is -0.860. The van der Waals surface area contributed by atoms with Crippen LogP contribution in [0.3, 0.4) is 0 Å². The van der Waals surface area contributed by atoms with Crippen molar-refractivity contribution >= 4 is 23.4 Å². The number of thiophene rings is 1. The second kappa shape index (κ2) is 7.31. The van der Waals surface area contributed by atoms with E-state index in [1.807, 2.05) is 42.5 Å². The number of carboxylic acid groups (broad SMARTS) is 1. The summed E-state index contributed by atoms with van der Waals surface area (Å²) in [6.45, 7) is 6.66.